The van der Waals surface area contributed by atoms with Crippen molar-refractivity contribution in [1.82, 2.24) is 10.2 Å². The number of nitrogens with zero attached hydrogens (tertiary/aromatic N) is 3. The fraction of sp³-hybridized carbons (Fsp3) is 0.429. The molecule has 0 unspecified atom stereocenters. The molecule has 1 fully saturated rings. The van der Waals surface area contributed by atoms with E-state index in [0.717, 1.165) is 59.9 Å². The average molecular weight is 377 g/mol. The van der Waals surface area contributed by atoms with Gasteiger partial charge < -0.3 is 19.7 Å². The second kappa shape index (κ2) is 8.10. The van der Waals surface area contributed by atoms with Gasteiger partial charge in [-0.25, -0.2) is 0 Å². The van der Waals surface area contributed by atoms with E-state index >= 15 is 0 Å². The summed E-state index contributed by atoms with van der Waals surface area (Å²) in [5.41, 5.74) is 2.03. The van der Waals surface area contributed by atoms with Crippen LogP contribution in [-0.4, -0.2) is 54.5 Å². The molecule has 23 heavy (non-hydrogen) atoms. The third kappa shape index (κ3) is 3.85. The number of rotatable bonds is 1. The normalized spacial score (nSPS) is 19.2. The van der Waals surface area contributed by atoms with E-state index in [0.29, 0.717) is 6.79 Å². The van der Waals surface area contributed by atoms with Crippen LogP contribution in [0.1, 0.15) is 5.56 Å². The maximum absolute atomic E-state index is 5.41. The van der Waals surface area contributed by atoms with Gasteiger partial charge in [-0.15, -0.1) is 29.9 Å². The second-order valence-corrected chi connectivity index (χ2v) is 5.97. The number of piperazine rings is 1. The lowest BCUT2D eigenvalue weighted by atomic mass is 10.1. The predicted octanol–water partition coefficient (Wildman–Crippen LogP) is 1.97. The molecule has 0 radical (unpaired) electrons. The Kier molecular flexibility index (Phi) is 6.41. The van der Waals surface area contributed by atoms with Crippen molar-refractivity contribution < 1.29 is 9.47 Å². The second-order valence-electron chi connectivity index (χ2n) is 5.02. The van der Waals surface area contributed by atoms with E-state index in [-0.39, 0.29) is 24.8 Å². The number of ether oxygens (including phenoxy) is 2. The monoisotopic (exact) mass is 376 g/mol. The van der Waals surface area contributed by atoms with E-state index in [9.17, 15) is 0 Å². The lowest BCUT2D eigenvalue weighted by Gasteiger charge is -2.30. The Bertz CT molecular complexity index is 621. The number of amidine groups is 1. The zero-order valence-electron chi connectivity index (χ0n) is 12.4. The van der Waals surface area contributed by atoms with Crippen LogP contribution in [0.25, 0.3) is 0 Å². The van der Waals surface area contributed by atoms with E-state index in [1.165, 1.54) is 0 Å². The zero-order chi connectivity index (χ0) is 14.1. The molecule has 1 N–H and O–H groups in total. The molecule has 9 heteroatoms. The first-order valence-electron chi connectivity index (χ1n) is 7.03. The summed E-state index contributed by atoms with van der Waals surface area (Å²) in [6.07, 6.45) is 0. The Labute approximate surface area is 151 Å². The molecule has 3 heterocycles. The van der Waals surface area contributed by atoms with Gasteiger partial charge in [0, 0.05) is 37.5 Å². The Hall–Kier alpha value is -1.15. The van der Waals surface area contributed by atoms with Gasteiger partial charge in [0.05, 0.1) is 5.71 Å². The third-order valence-electron chi connectivity index (χ3n) is 3.69. The lowest BCUT2D eigenvalue weighted by molar-refractivity contribution is 0.174. The van der Waals surface area contributed by atoms with Crippen LogP contribution in [0.4, 0.5) is 0 Å². The van der Waals surface area contributed by atoms with E-state index in [1.807, 2.05) is 18.2 Å². The molecule has 0 amide bonds. The number of fused-ring (bicyclic) bond motifs is 1. The zero-order valence-corrected chi connectivity index (χ0v) is 14.8. The van der Waals surface area contributed by atoms with Gasteiger partial charge in [-0.2, -0.15) is 5.10 Å². The molecule has 126 valence electrons. The van der Waals surface area contributed by atoms with Crippen molar-refractivity contribution in [3.63, 3.8) is 0 Å². The third-order valence-corrected chi connectivity index (χ3v) is 4.70. The Morgan fingerprint density at radius 2 is 1.83 bits per heavy atom. The number of hydrogen-bond donors (Lipinski definition) is 1. The van der Waals surface area contributed by atoms with Gasteiger partial charge in [0.1, 0.15) is 0 Å². The van der Waals surface area contributed by atoms with E-state index in [2.05, 4.69) is 20.4 Å². The topological polar surface area (TPSA) is 58.5 Å². The van der Waals surface area contributed by atoms with Crippen molar-refractivity contribution in [3.8, 4) is 11.5 Å². The minimum Gasteiger partial charge on any atom is -0.454 e. The molecule has 0 aromatic heterocycles. The molecule has 3 aliphatic heterocycles. The highest BCUT2D eigenvalue weighted by Gasteiger charge is 2.21. The predicted molar refractivity (Wildman–Crippen MR) is 97.9 cm³/mol. The van der Waals surface area contributed by atoms with Crippen molar-refractivity contribution in [3.05, 3.63) is 23.8 Å². The van der Waals surface area contributed by atoms with Crippen molar-refractivity contribution in [2.45, 2.75) is 0 Å². The largest absolute Gasteiger partial charge is 0.454 e. The van der Waals surface area contributed by atoms with Crippen molar-refractivity contribution >= 4 is 47.5 Å². The van der Waals surface area contributed by atoms with Crippen LogP contribution in [0, 0.1) is 0 Å². The molecule has 6 nitrogen and oxygen atoms in total. The van der Waals surface area contributed by atoms with Crippen molar-refractivity contribution in [2.24, 2.45) is 10.2 Å². The van der Waals surface area contributed by atoms with Crippen LogP contribution >= 0.6 is 36.6 Å². The van der Waals surface area contributed by atoms with Crippen LogP contribution in [0.15, 0.2) is 28.4 Å². The summed E-state index contributed by atoms with van der Waals surface area (Å²) in [5, 5.41) is 13.2. The standard InChI is InChI=1S/C14H16N4O2S.2ClH/c1-2-12-13(20-9-19-12)7-10(1)11-8-21-14(17-16-11)18-5-3-15-4-6-18;;/h1-2,7,15H,3-6,8-9H2;2*1H. The van der Waals surface area contributed by atoms with Crippen LogP contribution in [0.5, 0.6) is 11.5 Å². The Balaban J connectivity index is 0.000000960. The van der Waals surface area contributed by atoms with Gasteiger partial charge in [0.25, 0.3) is 0 Å². The highest BCUT2D eigenvalue weighted by molar-refractivity contribution is 8.14. The fourth-order valence-corrected chi connectivity index (χ4v) is 3.48. The average Bonchev–Trinajstić information content (AvgIpc) is 3.03. The van der Waals surface area contributed by atoms with Crippen molar-refractivity contribution in [2.75, 3.05) is 38.7 Å². The number of halogens is 2. The fourth-order valence-electron chi connectivity index (χ4n) is 2.52. The molecule has 0 spiro atoms. The summed E-state index contributed by atoms with van der Waals surface area (Å²) >= 11 is 1.75. The van der Waals surface area contributed by atoms with E-state index in [1.54, 1.807) is 11.8 Å². The highest BCUT2D eigenvalue weighted by Crippen LogP contribution is 2.33. The van der Waals surface area contributed by atoms with E-state index in [4.69, 9.17) is 9.47 Å². The molecule has 4 rings (SSSR count). The van der Waals surface area contributed by atoms with Gasteiger partial charge in [-0.05, 0) is 18.2 Å². The number of benzene rings is 1. The maximum atomic E-state index is 5.41. The van der Waals surface area contributed by atoms with Crippen LogP contribution in [-0.2, 0) is 0 Å². The minimum atomic E-state index is 0. The molecule has 0 bridgehead atoms. The molecular weight excluding hydrogens is 359 g/mol. The molecule has 1 saturated heterocycles. The highest BCUT2D eigenvalue weighted by atomic mass is 35.5. The molecule has 3 aliphatic rings. The summed E-state index contributed by atoms with van der Waals surface area (Å²) in [7, 11) is 0. The summed E-state index contributed by atoms with van der Waals surface area (Å²) < 4.78 is 10.7. The van der Waals surface area contributed by atoms with Crippen LogP contribution in [0.3, 0.4) is 0 Å². The minimum absolute atomic E-state index is 0. The van der Waals surface area contributed by atoms with Crippen LogP contribution in [0.2, 0.25) is 0 Å². The van der Waals surface area contributed by atoms with Gasteiger partial charge in [0.15, 0.2) is 16.7 Å². The molecule has 1 aromatic carbocycles. The number of hydrogen-bond acceptors (Lipinski definition) is 7. The Morgan fingerprint density at radius 1 is 1.04 bits per heavy atom. The SMILES string of the molecule is Cl.Cl.c1cc2c(cc1C1=NN=C(N3CCNCC3)SC1)OCO2. The quantitative estimate of drug-likeness (QED) is 0.811. The molecular formula is C14H18Cl2N4O2S. The smallest absolute Gasteiger partial charge is 0.231 e. The first-order valence-corrected chi connectivity index (χ1v) is 8.02. The number of thioether (sulfide) groups is 1. The molecule has 1 aromatic rings. The molecule has 0 saturated carbocycles. The maximum Gasteiger partial charge on any atom is 0.231 e. The summed E-state index contributed by atoms with van der Waals surface area (Å²) in [6, 6.07) is 5.92. The van der Waals surface area contributed by atoms with Gasteiger partial charge in [0.2, 0.25) is 6.79 Å². The van der Waals surface area contributed by atoms with Crippen LogP contribution < -0.4 is 14.8 Å². The Morgan fingerprint density at radius 3 is 2.57 bits per heavy atom. The first kappa shape index (κ1) is 18.2. The van der Waals surface area contributed by atoms with E-state index < -0.39 is 0 Å². The first-order chi connectivity index (χ1) is 10.4. The summed E-state index contributed by atoms with van der Waals surface area (Å²) in [6.45, 7) is 4.32. The van der Waals surface area contributed by atoms with Gasteiger partial charge in [-0.3, -0.25) is 0 Å². The van der Waals surface area contributed by atoms with Crippen molar-refractivity contribution in [1.29, 1.82) is 0 Å². The summed E-state index contributed by atoms with van der Waals surface area (Å²) in [5.74, 6) is 2.42. The molecule has 0 atom stereocenters. The molecule has 0 aliphatic carbocycles. The number of nitrogens with one attached hydrogen (secondary N) is 1. The summed E-state index contributed by atoms with van der Waals surface area (Å²) in [4.78, 5) is 2.29. The lowest BCUT2D eigenvalue weighted by Crippen LogP contribution is -2.46. The van der Waals surface area contributed by atoms with Gasteiger partial charge in [-0.1, -0.05) is 11.8 Å². The van der Waals surface area contributed by atoms with Gasteiger partial charge >= 0.3 is 0 Å².